The summed E-state index contributed by atoms with van der Waals surface area (Å²) in [6.45, 7) is 1.87. The molecule has 0 spiro atoms. The monoisotopic (exact) mass is 304 g/mol. The fourth-order valence-corrected chi connectivity index (χ4v) is 2.05. The zero-order valence-corrected chi connectivity index (χ0v) is 12.2. The lowest BCUT2D eigenvalue weighted by atomic mass is 10.1. The molecule has 2 aromatic carbocycles. The van der Waals surface area contributed by atoms with Crippen LogP contribution in [0.25, 0.3) is 0 Å². The van der Waals surface area contributed by atoms with Crippen LogP contribution in [0.15, 0.2) is 36.4 Å². The lowest BCUT2D eigenvalue weighted by molar-refractivity contribution is 0.290. The van der Waals surface area contributed by atoms with E-state index in [-0.39, 0.29) is 19.0 Å². The second-order valence-electron chi connectivity index (χ2n) is 4.49. The molecule has 0 unspecified atom stereocenters. The molecule has 0 saturated heterocycles. The molecular weight excluding hydrogens is 291 g/mol. The van der Waals surface area contributed by atoms with Crippen LogP contribution in [0.1, 0.15) is 16.7 Å². The number of aliphatic hydroxyl groups is 1. The van der Waals surface area contributed by atoms with Gasteiger partial charge in [0.1, 0.15) is 13.2 Å². The Morgan fingerprint density at radius 2 is 2.05 bits per heavy atom. The summed E-state index contributed by atoms with van der Waals surface area (Å²) in [6, 6.07) is 9.92. The SMILES string of the molecule is Cc1ccc(COc2cc(C#CCO)ccc2F)c(Cl)c1. The van der Waals surface area contributed by atoms with Gasteiger partial charge in [-0.1, -0.05) is 35.6 Å². The fraction of sp³-hybridized carbons (Fsp3) is 0.176. The minimum Gasteiger partial charge on any atom is -0.486 e. The third kappa shape index (κ3) is 4.22. The van der Waals surface area contributed by atoms with Crippen molar-refractivity contribution in [3.63, 3.8) is 0 Å². The minimum atomic E-state index is -0.465. The molecule has 0 aliphatic rings. The molecule has 2 aromatic rings. The Balaban J connectivity index is 2.15. The molecule has 0 heterocycles. The van der Waals surface area contributed by atoms with Gasteiger partial charge in [-0.3, -0.25) is 0 Å². The molecule has 0 aliphatic heterocycles. The quantitative estimate of drug-likeness (QED) is 0.876. The highest BCUT2D eigenvalue weighted by Crippen LogP contribution is 2.23. The van der Waals surface area contributed by atoms with Crippen LogP contribution in [0.4, 0.5) is 4.39 Å². The number of hydrogen-bond donors (Lipinski definition) is 1. The van der Waals surface area contributed by atoms with Gasteiger partial charge in [-0.15, -0.1) is 0 Å². The molecule has 0 amide bonds. The van der Waals surface area contributed by atoms with Crippen molar-refractivity contribution in [2.45, 2.75) is 13.5 Å². The van der Waals surface area contributed by atoms with Crippen LogP contribution < -0.4 is 4.74 Å². The van der Waals surface area contributed by atoms with Gasteiger partial charge in [0.15, 0.2) is 11.6 Å². The lowest BCUT2D eigenvalue weighted by Gasteiger charge is -2.09. The van der Waals surface area contributed by atoms with E-state index in [9.17, 15) is 4.39 Å². The Morgan fingerprint density at radius 1 is 1.24 bits per heavy atom. The van der Waals surface area contributed by atoms with E-state index >= 15 is 0 Å². The molecule has 21 heavy (non-hydrogen) atoms. The van der Waals surface area contributed by atoms with E-state index in [1.807, 2.05) is 25.1 Å². The third-order valence-electron chi connectivity index (χ3n) is 2.83. The summed E-state index contributed by atoms with van der Waals surface area (Å²) < 4.78 is 19.2. The van der Waals surface area contributed by atoms with Gasteiger partial charge in [-0.05, 0) is 36.8 Å². The van der Waals surface area contributed by atoms with Crippen LogP contribution in [-0.2, 0) is 6.61 Å². The van der Waals surface area contributed by atoms with Gasteiger partial charge in [0.25, 0.3) is 0 Å². The average molecular weight is 305 g/mol. The molecule has 0 aliphatic carbocycles. The summed E-state index contributed by atoms with van der Waals surface area (Å²) in [4.78, 5) is 0. The van der Waals surface area contributed by atoms with Gasteiger partial charge < -0.3 is 9.84 Å². The van der Waals surface area contributed by atoms with Crippen LogP contribution in [0.5, 0.6) is 5.75 Å². The van der Waals surface area contributed by atoms with Crippen LogP contribution in [0.3, 0.4) is 0 Å². The molecule has 0 radical (unpaired) electrons. The predicted molar refractivity (Wildman–Crippen MR) is 80.9 cm³/mol. The highest BCUT2D eigenvalue weighted by molar-refractivity contribution is 6.31. The van der Waals surface area contributed by atoms with Crippen molar-refractivity contribution in [2.24, 2.45) is 0 Å². The number of benzene rings is 2. The van der Waals surface area contributed by atoms with E-state index in [1.54, 1.807) is 0 Å². The van der Waals surface area contributed by atoms with Gasteiger partial charge in [0.2, 0.25) is 0 Å². The Bertz CT molecular complexity index is 702. The van der Waals surface area contributed by atoms with Crippen LogP contribution in [-0.4, -0.2) is 11.7 Å². The summed E-state index contributed by atoms with van der Waals surface area (Å²) in [5.74, 6) is 4.86. The number of aryl methyl sites for hydroxylation is 1. The summed E-state index contributed by atoms with van der Waals surface area (Å²) in [5, 5.41) is 9.25. The van der Waals surface area contributed by atoms with Gasteiger partial charge in [-0.25, -0.2) is 4.39 Å². The summed E-state index contributed by atoms with van der Waals surface area (Å²) in [7, 11) is 0. The van der Waals surface area contributed by atoms with Crippen molar-refractivity contribution >= 4 is 11.6 Å². The molecule has 0 bridgehead atoms. The average Bonchev–Trinajstić information content (AvgIpc) is 2.46. The maximum Gasteiger partial charge on any atom is 0.165 e. The summed E-state index contributed by atoms with van der Waals surface area (Å²) in [5.41, 5.74) is 2.42. The second-order valence-corrected chi connectivity index (χ2v) is 4.90. The Kier molecular flexibility index (Phi) is 5.21. The molecule has 0 saturated carbocycles. The maximum absolute atomic E-state index is 13.7. The number of aliphatic hydroxyl groups excluding tert-OH is 1. The third-order valence-corrected chi connectivity index (χ3v) is 3.19. The van der Waals surface area contributed by atoms with E-state index in [2.05, 4.69) is 11.8 Å². The lowest BCUT2D eigenvalue weighted by Crippen LogP contribution is -1.99. The van der Waals surface area contributed by atoms with E-state index < -0.39 is 5.82 Å². The first kappa shape index (κ1) is 15.4. The number of rotatable bonds is 3. The Hall–Kier alpha value is -2.02. The van der Waals surface area contributed by atoms with E-state index in [0.29, 0.717) is 10.6 Å². The van der Waals surface area contributed by atoms with Crippen LogP contribution in [0.2, 0.25) is 5.02 Å². The standard InChI is InChI=1S/C17H14ClFO2/c1-12-4-6-14(15(18)9-12)11-21-17-10-13(3-2-8-20)5-7-16(17)19/h4-7,9-10,20H,8,11H2,1H3. The molecular formula is C17H14ClFO2. The molecule has 0 atom stereocenters. The zero-order chi connectivity index (χ0) is 15.2. The predicted octanol–water partition coefficient (Wildman–Crippen LogP) is 3.71. The minimum absolute atomic E-state index is 0.108. The van der Waals surface area contributed by atoms with Gasteiger partial charge in [-0.2, -0.15) is 0 Å². The molecule has 2 rings (SSSR count). The van der Waals surface area contributed by atoms with E-state index in [0.717, 1.165) is 11.1 Å². The van der Waals surface area contributed by atoms with Gasteiger partial charge in [0, 0.05) is 16.1 Å². The number of hydrogen-bond acceptors (Lipinski definition) is 2. The van der Waals surface area contributed by atoms with Crippen molar-refractivity contribution in [1.29, 1.82) is 0 Å². The first-order valence-corrected chi connectivity index (χ1v) is 6.75. The Morgan fingerprint density at radius 3 is 2.76 bits per heavy atom. The van der Waals surface area contributed by atoms with Crippen molar-refractivity contribution < 1.29 is 14.2 Å². The molecule has 0 aromatic heterocycles. The highest BCUT2D eigenvalue weighted by atomic mass is 35.5. The van der Waals surface area contributed by atoms with Crippen molar-refractivity contribution in [1.82, 2.24) is 0 Å². The molecule has 108 valence electrons. The number of halogens is 2. The Labute approximate surface area is 128 Å². The van der Waals surface area contributed by atoms with Crippen molar-refractivity contribution in [3.8, 4) is 17.6 Å². The van der Waals surface area contributed by atoms with Crippen LogP contribution >= 0.6 is 11.6 Å². The van der Waals surface area contributed by atoms with Gasteiger partial charge >= 0.3 is 0 Å². The topological polar surface area (TPSA) is 29.5 Å². The normalized spacial score (nSPS) is 9.90. The molecule has 4 heteroatoms. The highest BCUT2D eigenvalue weighted by Gasteiger charge is 2.06. The fourth-order valence-electron chi connectivity index (χ4n) is 1.76. The summed E-state index contributed by atoms with van der Waals surface area (Å²) in [6.07, 6.45) is 0. The van der Waals surface area contributed by atoms with Crippen molar-refractivity contribution in [3.05, 3.63) is 63.9 Å². The first-order chi connectivity index (χ1) is 10.1. The van der Waals surface area contributed by atoms with E-state index in [1.165, 1.54) is 18.2 Å². The van der Waals surface area contributed by atoms with Gasteiger partial charge in [0.05, 0.1) is 0 Å². The zero-order valence-electron chi connectivity index (χ0n) is 11.5. The molecule has 2 nitrogen and oxygen atoms in total. The second kappa shape index (κ2) is 7.12. The smallest absolute Gasteiger partial charge is 0.165 e. The van der Waals surface area contributed by atoms with Crippen LogP contribution in [0, 0.1) is 24.6 Å². The molecule has 0 fully saturated rings. The first-order valence-electron chi connectivity index (χ1n) is 6.37. The van der Waals surface area contributed by atoms with Crippen molar-refractivity contribution in [2.75, 3.05) is 6.61 Å². The summed E-state index contributed by atoms with van der Waals surface area (Å²) >= 11 is 6.11. The number of ether oxygens (including phenoxy) is 1. The largest absolute Gasteiger partial charge is 0.486 e. The molecule has 1 N–H and O–H groups in total. The van der Waals surface area contributed by atoms with E-state index in [4.69, 9.17) is 21.4 Å². The maximum atomic E-state index is 13.7.